The lowest BCUT2D eigenvalue weighted by atomic mass is 10.0. The molecule has 7 heteroatoms. The number of sulfonamides is 1. The Labute approximate surface area is 132 Å². The van der Waals surface area contributed by atoms with E-state index in [9.17, 15) is 13.2 Å². The second-order valence-corrected chi connectivity index (χ2v) is 8.23. The lowest BCUT2D eigenvalue weighted by Crippen LogP contribution is -2.16. The standard InChI is InChI=1S/C14H17BrN2O3S/c15-11-7-8(21(16,19)20)5-6-12(11)17-14(18)13-9-3-1-2-4-10(9)13/h5-7,9-10,13H,1-4H2,(H,17,18)(H2,16,19,20). The Morgan fingerprint density at radius 1 is 1.24 bits per heavy atom. The molecule has 2 fully saturated rings. The summed E-state index contributed by atoms with van der Waals surface area (Å²) in [5.74, 6) is 1.25. The van der Waals surface area contributed by atoms with E-state index in [2.05, 4.69) is 21.2 Å². The van der Waals surface area contributed by atoms with Gasteiger partial charge in [0.05, 0.1) is 10.6 Å². The number of carbonyl (C=O) groups is 1. The molecule has 2 saturated carbocycles. The van der Waals surface area contributed by atoms with Gasteiger partial charge in [0.2, 0.25) is 15.9 Å². The van der Waals surface area contributed by atoms with Crippen molar-refractivity contribution in [2.24, 2.45) is 22.9 Å². The molecular formula is C14H17BrN2O3S. The van der Waals surface area contributed by atoms with Crippen LogP contribution in [0.25, 0.3) is 0 Å². The van der Waals surface area contributed by atoms with E-state index in [1.54, 1.807) is 6.07 Å². The van der Waals surface area contributed by atoms with Gasteiger partial charge in [0, 0.05) is 10.4 Å². The van der Waals surface area contributed by atoms with Crippen molar-refractivity contribution in [3.05, 3.63) is 22.7 Å². The lowest BCUT2D eigenvalue weighted by molar-refractivity contribution is -0.117. The predicted octanol–water partition coefficient (Wildman–Crippen LogP) is 2.47. The van der Waals surface area contributed by atoms with Crippen LogP contribution >= 0.6 is 15.9 Å². The van der Waals surface area contributed by atoms with Gasteiger partial charge in [-0.25, -0.2) is 13.6 Å². The fourth-order valence-electron chi connectivity index (χ4n) is 3.37. The van der Waals surface area contributed by atoms with E-state index in [0.29, 0.717) is 22.0 Å². The van der Waals surface area contributed by atoms with Crippen LogP contribution in [0.4, 0.5) is 5.69 Å². The summed E-state index contributed by atoms with van der Waals surface area (Å²) in [4.78, 5) is 12.3. The summed E-state index contributed by atoms with van der Waals surface area (Å²) < 4.78 is 23.1. The largest absolute Gasteiger partial charge is 0.325 e. The molecule has 0 aromatic heterocycles. The third-order valence-corrected chi connectivity index (χ3v) is 6.05. The number of carbonyl (C=O) groups excluding carboxylic acids is 1. The molecule has 0 saturated heterocycles. The Morgan fingerprint density at radius 2 is 1.86 bits per heavy atom. The number of hydrogen-bond donors (Lipinski definition) is 2. The van der Waals surface area contributed by atoms with Crippen molar-refractivity contribution in [1.82, 2.24) is 0 Å². The fraction of sp³-hybridized carbons (Fsp3) is 0.500. The number of nitrogens with two attached hydrogens (primary N) is 1. The van der Waals surface area contributed by atoms with Crippen LogP contribution in [0.2, 0.25) is 0 Å². The van der Waals surface area contributed by atoms with Crippen molar-refractivity contribution in [1.29, 1.82) is 0 Å². The van der Waals surface area contributed by atoms with E-state index in [4.69, 9.17) is 5.14 Å². The van der Waals surface area contributed by atoms with E-state index in [1.165, 1.54) is 25.0 Å². The van der Waals surface area contributed by atoms with E-state index in [1.807, 2.05) is 0 Å². The summed E-state index contributed by atoms with van der Waals surface area (Å²) in [6.45, 7) is 0. The van der Waals surface area contributed by atoms with Gasteiger partial charge in [-0.3, -0.25) is 4.79 Å². The van der Waals surface area contributed by atoms with Gasteiger partial charge in [-0.2, -0.15) is 0 Å². The van der Waals surface area contributed by atoms with Gasteiger partial charge in [-0.05, 0) is 58.8 Å². The zero-order chi connectivity index (χ0) is 15.2. The number of halogens is 1. The van der Waals surface area contributed by atoms with Crippen molar-refractivity contribution in [2.45, 2.75) is 30.6 Å². The highest BCUT2D eigenvalue weighted by Crippen LogP contribution is 2.55. The molecule has 1 amide bonds. The predicted molar refractivity (Wildman–Crippen MR) is 83.1 cm³/mol. The first-order valence-corrected chi connectivity index (χ1v) is 9.35. The Kier molecular flexibility index (Phi) is 3.83. The number of anilines is 1. The molecule has 0 spiro atoms. The van der Waals surface area contributed by atoms with Gasteiger partial charge in [-0.1, -0.05) is 12.8 Å². The highest BCUT2D eigenvalue weighted by atomic mass is 79.9. The number of amides is 1. The summed E-state index contributed by atoms with van der Waals surface area (Å²) >= 11 is 3.28. The maximum Gasteiger partial charge on any atom is 0.238 e. The smallest absolute Gasteiger partial charge is 0.238 e. The van der Waals surface area contributed by atoms with Gasteiger partial charge >= 0.3 is 0 Å². The van der Waals surface area contributed by atoms with Gasteiger partial charge < -0.3 is 5.32 Å². The summed E-state index contributed by atoms with van der Waals surface area (Å²) in [6.07, 6.45) is 4.73. The number of rotatable bonds is 3. The molecule has 2 unspecified atom stereocenters. The van der Waals surface area contributed by atoms with Crippen molar-refractivity contribution in [3.8, 4) is 0 Å². The van der Waals surface area contributed by atoms with Crippen LogP contribution in [0.3, 0.4) is 0 Å². The van der Waals surface area contributed by atoms with Crippen LogP contribution in [0.5, 0.6) is 0 Å². The summed E-state index contributed by atoms with van der Waals surface area (Å²) in [5.41, 5.74) is 0.580. The maximum atomic E-state index is 12.3. The van der Waals surface area contributed by atoms with Gasteiger partial charge in [0.1, 0.15) is 0 Å². The molecule has 2 aliphatic carbocycles. The number of hydrogen-bond acceptors (Lipinski definition) is 3. The van der Waals surface area contributed by atoms with Crippen molar-refractivity contribution in [3.63, 3.8) is 0 Å². The Bertz CT molecular complexity index is 677. The Hall–Kier alpha value is -0.920. The number of fused-ring (bicyclic) bond motifs is 1. The minimum atomic E-state index is -3.73. The number of primary sulfonamides is 1. The van der Waals surface area contributed by atoms with Crippen molar-refractivity contribution in [2.75, 3.05) is 5.32 Å². The summed E-state index contributed by atoms with van der Waals surface area (Å²) in [5, 5.41) is 7.96. The highest BCUT2D eigenvalue weighted by Gasteiger charge is 2.54. The molecule has 0 radical (unpaired) electrons. The molecule has 21 heavy (non-hydrogen) atoms. The normalized spacial score (nSPS) is 27.8. The SMILES string of the molecule is NS(=O)(=O)c1ccc(NC(=O)C2C3CCCCC32)c(Br)c1. The number of nitrogens with one attached hydrogen (secondary N) is 1. The zero-order valence-corrected chi connectivity index (χ0v) is 13.8. The van der Waals surface area contributed by atoms with Crippen LogP contribution in [-0.2, 0) is 14.8 Å². The molecule has 2 atom stereocenters. The summed E-state index contributed by atoms with van der Waals surface area (Å²) in [6, 6.07) is 4.37. The van der Waals surface area contributed by atoms with E-state index in [0.717, 1.165) is 12.8 Å². The minimum Gasteiger partial charge on any atom is -0.325 e. The molecule has 0 aliphatic heterocycles. The van der Waals surface area contributed by atoms with Gasteiger partial charge in [-0.15, -0.1) is 0 Å². The second-order valence-electron chi connectivity index (χ2n) is 5.81. The Balaban J connectivity index is 1.72. The van der Waals surface area contributed by atoms with Crippen LogP contribution in [-0.4, -0.2) is 14.3 Å². The van der Waals surface area contributed by atoms with E-state index >= 15 is 0 Å². The fourth-order valence-corrected chi connectivity index (χ4v) is 4.54. The quantitative estimate of drug-likeness (QED) is 0.853. The second kappa shape index (κ2) is 5.37. The monoisotopic (exact) mass is 372 g/mol. The molecule has 0 bridgehead atoms. The number of benzene rings is 1. The van der Waals surface area contributed by atoms with Crippen molar-refractivity contribution >= 4 is 37.5 Å². The third kappa shape index (κ3) is 3.00. The van der Waals surface area contributed by atoms with E-state index < -0.39 is 10.0 Å². The molecule has 5 nitrogen and oxygen atoms in total. The highest BCUT2D eigenvalue weighted by molar-refractivity contribution is 9.10. The molecule has 0 heterocycles. The topological polar surface area (TPSA) is 89.3 Å². The average Bonchev–Trinajstić information content (AvgIpc) is 3.14. The first-order chi connectivity index (χ1) is 9.88. The van der Waals surface area contributed by atoms with Crippen LogP contribution in [0, 0.1) is 17.8 Å². The lowest BCUT2D eigenvalue weighted by Gasteiger charge is -2.08. The van der Waals surface area contributed by atoms with Crippen molar-refractivity contribution < 1.29 is 13.2 Å². The van der Waals surface area contributed by atoms with E-state index in [-0.39, 0.29) is 16.7 Å². The maximum absolute atomic E-state index is 12.3. The van der Waals surface area contributed by atoms with Gasteiger partial charge in [0.25, 0.3) is 0 Å². The molecule has 114 valence electrons. The first kappa shape index (κ1) is 15.0. The summed E-state index contributed by atoms with van der Waals surface area (Å²) in [7, 11) is -3.73. The molecule has 1 aromatic carbocycles. The molecule has 1 aromatic rings. The molecule has 3 rings (SSSR count). The van der Waals surface area contributed by atoms with Crippen LogP contribution < -0.4 is 10.5 Å². The van der Waals surface area contributed by atoms with Gasteiger partial charge in [0.15, 0.2) is 0 Å². The third-order valence-electron chi connectivity index (χ3n) is 4.49. The Morgan fingerprint density at radius 3 is 2.38 bits per heavy atom. The first-order valence-electron chi connectivity index (χ1n) is 7.01. The molecule has 3 N–H and O–H groups in total. The van der Waals surface area contributed by atoms with Crippen LogP contribution in [0.15, 0.2) is 27.6 Å². The zero-order valence-electron chi connectivity index (χ0n) is 11.4. The van der Waals surface area contributed by atoms with Crippen LogP contribution in [0.1, 0.15) is 25.7 Å². The molecular weight excluding hydrogens is 356 g/mol. The molecule has 2 aliphatic rings. The minimum absolute atomic E-state index is 0.0208. The average molecular weight is 373 g/mol.